The van der Waals surface area contributed by atoms with E-state index >= 15 is 0 Å². The molecule has 3 aromatic carbocycles. The summed E-state index contributed by atoms with van der Waals surface area (Å²) in [6.45, 7) is 4.72. The van der Waals surface area contributed by atoms with E-state index < -0.39 is 0 Å². The molecule has 1 N–H and O–H groups in total. The van der Waals surface area contributed by atoms with Crippen molar-refractivity contribution in [1.29, 1.82) is 0 Å². The van der Waals surface area contributed by atoms with Crippen molar-refractivity contribution < 1.29 is 14.3 Å². The molecule has 2 amide bonds. The lowest BCUT2D eigenvalue weighted by molar-refractivity contribution is 0.0746. The quantitative estimate of drug-likeness (QED) is 0.307. The lowest BCUT2D eigenvalue weighted by atomic mass is 9.83. The van der Waals surface area contributed by atoms with Gasteiger partial charge >= 0.3 is 0 Å². The maximum atomic E-state index is 13.8. The molecule has 2 fully saturated rings. The van der Waals surface area contributed by atoms with Crippen molar-refractivity contribution >= 4 is 40.5 Å². The molecule has 46 heavy (non-hydrogen) atoms. The van der Waals surface area contributed by atoms with Crippen molar-refractivity contribution in [2.75, 3.05) is 61.5 Å². The van der Waals surface area contributed by atoms with Gasteiger partial charge in [-0.2, -0.15) is 0 Å². The highest BCUT2D eigenvalue weighted by atomic mass is 35.5. The number of rotatable bonds is 6. The summed E-state index contributed by atoms with van der Waals surface area (Å²) in [6.07, 6.45) is 1.01. The number of pyridine rings is 1. The standard InChI is InChI=1S/C36H36ClN5O4/c1-46-28-12-10-27(11-13-28)39-15-17-40(18-16-39)36(45)25-9-14-33(31(20-25)38-35(44)29-5-2-3-6-30(29)37)41-21-24-19-26(23-41)32-7-4-8-34(43)42(32)22-24/h2-14,20,24,26H,15-19,21-23H2,1H3,(H,38,44). The Kier molecular flexibility index (Phi) is 8.17. The molecule has 2 saturated heterocycles. The number of anilines is 3. The average Bonchev–Trinajstić information content (AvgIpc) is 3.08. The second kappa shape index (κ2) is 12.6. The first-order valence-electron chi connectivity index (χ1n) is 15.7. The summed E-state index contributed by atoms with van der Waals surface area (Å²) in [5.41, 5.74) is 4.49. The van der Waals surface area contributed by atoms with E-state index in [1.54, 1.807) is 43.5 Å². The third-order valence-corrected chi connectivity index (χ3v) is 9.76. The number of ether oxygens (including phenoxy) is 1. The predicted molar refractivity (Wildman–Crippen MR) is 181 cm³/mol. The Bertz CT molecular complexity index is 1830. The Balaban J connectivity index is 1.14. The largest absolute Gasteiger partial charge is 0.497 e. The molecule has 2 atom stereocenters. The fourth-order valence-electron chi connectivity index (χ4n) is 7.12. The van der Waals surface area contributed by atoms with Gasteiger partial charge in [0.25, 0.3) is 17.4 Å². The van der Waals surface area contributed by atoms with Crippen molar-refractivity contribution in [3.05, 3.63) is 117 Å². The minimum absolute atomic E-state index is 0.0426. The maximum absolute atomic E-state index is 13.8. The number of halogens is 1. The molecule has 9 nitrogen and oxygen atoms in total. The smallest absolute Gasteiger partial charge is 0.257 e. The first-order valence-corrected chi connectivity index (χ1v) is 16.1. The van der Waals surface area contributed by atoms with Crippen LogP contribution in [-0.4, -0.2) is 67.7 Å². The van der Waals surface area contributed by atoms with Gasteiger partial charge in [-0.1, -0.05) is 29.8 Å². The maximum Gasteiger partial charge on any atom is 0.257 e. The van der Waals surface area contributed by atoms with Crippen LogP contribution in [0.3, 0.4) is 0 Å². The third kappa shape index (κ3) is 5.83. The van der Waals surface area contributed by atoms with E-state index in [2.05, 4.69) is 15.1 Å². The van der Waals surface area contributed by atoms with Crippen molar-refractivity contribution in [2.24, 2.45) is 5.92 Å². The van der Waals surface area contributed by atoms with Gasteiger partial charge in [0.05, 0.1) is 29.1 Å². The van der Waals surface area contributed by atoms with Gasteiger partial charge in [-0.3, -0.25) is 14.4 Å². The van der Waals surface area contributed by atoms with Gasteiger partial charge in [-0.25, -0.2) is 0 Å². The Labute approximate surface area is 272 Å². The average molecular weight is 638 g/mol. The van der Waals surface area contributed by atoms with Crippen LogP contribution in [0.2, 0.25) is 5.02 Å². The number of hydrogen-bond donors (Lipinski definition) is 1. The summed E-state index contributed by atoms with van der Waals surface area (Å²) < 4.78 is 7.19. The van der Waals surface area contributed by atoms with Crippen LogP contribution < -0.4 is 25.4 Å². The molecule has 3 aliphatic rings. The fourth-order valence-corrected chi connectivity index (χ4v) is 7.34. The van der Waals surface area contributed by atoms with E-state index in [4.69, 9.17) is 16.3 Å². The summed E-state index contributed by atoms with van der Waals surface area (Å²) in [5, 5.41) is 3.44. The van der Waals surface area contributed by atoms with Crippen molar-refractivity contribution in [2.45, 2.75) is 18.9 Å². The molecule has 4 aromatic rings. The van der Waals surface area contributed by atoms with Crippen LogP contribution in [0.25, 0.3) is 0 Å². The van der Waals surface area contributed by atoms with Gasteiger partial charge in [0, 0.05) is 74.7 Å². The number of hydrogen-bond acceptors (Lipinski definition) is 6. The minimum Gasteiger partial charge on any atom is -0.497 e. The Morgan fingerprint density at radius 2 is 1.63 bits per heavy atom. The summed E-state index contributed by atoms with van der Waals surface area (Å²) in [5.74, 6) is 0.891. The normalized spacial score (nSPS) is 19.0. The Morgan fingerprint density at radius 1 is 0.848 bits per heavy atom. The van der Waals surface area contributed by atoms with Gasteiger partial charge < -0.3 is 29.3 Å². The molecule has 236 valence electrons. The second-order valence-corrected chi connectivity index (χ2v) is 12.7. The highest BCUT2D eigenvalue weighted by molar-refractivity contribution is 6.34. The highest BCUT2D eigenvalue weighted by Crippen LogP contribution is 2.39. The fraction of sp³-hybridized carbons (Fsp3) is 0.306. The van der Waals surface area contributed by atoms with Crippen LogP contribution in [0.4, 0.5) is 17.1 Å². The molecule has 0 saturated carbocycles. The molecule has 0 aliphatic carbocycles. The van der Waals surface area contributed by atoms with Gasteiger partial charge in [0.1, 0.15) is 5.75 Å². The number of piperazine rings is 1. The van der Waals surface area contributed by atoms with Crippen LogP contribution in [0.15, 0.2) is 89.7 Å². The monoisotopic (exact) mass is 637 g/mol. The molecule has 0 radical (unpaired) electrons. The molecule has 4 heterocycles. The lowest BCUT2D eigenvalue weighted by Gasteiger charge is -2.44. The van der Waals surface area contributed by atoms with Gasteiger partial charge in [-0.05, 0) is 73.0 Å². The molecule has 2 unspecified atom stereocenters. The van der Waals surface area contributed by atoms with E-state index in [1.165, 1.54) is 0 Å². The van der Waals surface area contributed by atoms with Crippen LogP contribution in [0, 0.1) is 5.92 Å². The topological polar surface area (TPSA) is 87.1 Å². The Hall–Kier alpha value is -4.76. The zero-order chi connectivity index (χ0) is 31.8. The number of nitrogens with zero attached hydrogens (tertiary/aromatic N) is 4. The van der Waals surface area contributed by atoms with E-state index in [-0.39, 0.29) is 23.3 Å². The molecule has 3 aliphatic heterocycles. The zero-order valence-electron chi connectivity index (χ0n) is 25.7. The number of piperidine rings is 1. The van der Waals surface area contributed by atoms with Gasteiger partial charge in [0.15, 0.2) is 0 Å². The molecule has 7 rings (SSSR count). The van der Waals surface area contributed by atoms with Gasteiger partial charge in [-0.15, -0.1) is 0 Å². The van der Waals surface area contributed by atoms with Crippen molar-refractivity contribution in [1.82, 2.24) is 9.47 Å². The minimum atomic E-state index is -0.335. The molecular formula is C36H36ClN5O4. The number of fused-ring (bicyclic) bond motifs is 4. The van der Waals surface area contributed by atoms with Crippen molar-refractivity contribution in [3.8, 4) is 5.75 Å². The van der Waals surface area contributed by atoms with Crippen LogP contribution >= 0.6 is 11.6 Å². The van der Waals surface area contributed by atoms with Crippen LogP contribution in [0.1, 0.15) is 38.7 Å². The predicted octanol–water partition coefficient (Wildman–Crippen LogP) is 5.35. The number of aromatic nitrogens is 1. The first-order chi connectivity index (χ1) is 22.4. The highest BCUT2D eigenvalue weighted by Gasteiger charge is 2.35. The molecule has 0 spiro atoms. The van der Waals surface area contributed by atoms with E-state index in [9.17, 15) is 14.4 Å². The molecule has 10 heteroatoms. The lowest BCUT2D eigenvalue weighted by Crippen LogP contribution is -2.49. The summed E-state index contributed by atoms with van der Waals surface area (Å²) in [6, 6.07) is 26.0. The summed E-state index contributed by atoms with van der Waals surface area (Å²) in [4.78, 5) is 46.3. The van der Waals surface area contributed by atoms with E-state index in [1.807, 2.05) is 58.0 Å². The number of carbonyl (C=O) groups is 2. The summed E-state index contributed by atoms with van der Waals surface area (Å²) in [7, 11) is 1.65. The number of amides is 2. The van der Waals surface area contributed by atoms with E-state index in [0.29, 0.717) is 67.0 Å². The molecular weight excluding hydrogens is 602 g/mol. The SMILES string of the molecule is COc1ccc(N2CCN(C(=O)c3ccc(N4CC5CC(C4)c4cccc(=O)n4C5)c(NC(=O)c4ccccc4Cl)c3)CC2)cc1. The summed E-state index contributed by atoms with van der Waals surface area (Å²) >= 11 is 6.38. The number of benzene rings is 3. The van der Waals surface area contributed by atoms with E-state index in [0.717, 1.165) is 35.8 Å². The zero-order valence-corrected chi connectivity index (χ0v) is 26.5. The second-order valence-electron chi connectivity index (χ2n) is 12.2. The molecule has 1 aromatic heterocycles. The van der Waals surface area contributed by atoms with Crippen LogP contribution in [0.5, 0.6) is 5.75 Å². The first kappa shape index (κ1) is 29.9. The van der Waals surface area contributed by atoms with Crippen molar-refractivity contribution in [3.63, 3.8) is 0 Å². The third-order valence-electron chi connectivity index (χ3n) is 9.44. The molecule has 2 bridgehead atoms. The van der Waals surface area contributed by atoms with Crippen LogP contribution in [-0.2, 0) is 6.54 Å². The van der Waals surface area contributed by atoms with Gasteiger partial charge in [0.2, 0.25) is 0 Å². The number of carbonyl (C=O) groups excluding carboxylic acids is 2. The number of nitrogens with one attached hydrogen (secondary N) is 1. The number of methoxy groups -OCH3 is 1. The Morgan fingerprint density at radius 3 is 2.39 bits per heavy atom.